The minimum Gasteiger partial charge on any atom is -0.391 e. The maximum atomic E-state index is 12.2. The molecule has 2 unspecified atom stereocenters. The first-order chi connectivity index (χ1) is 8.49. The van der Waals surface area contributed by atoms with Crippen molar-refractivity contribution in [3.63, 3.8) is 0 Å². The molecule has 7 heteroatoms. The minimum absolute atomic E-state index is 0.0255. The van der Waals surface area contributed by atoms with Gasteiger partial charge < -0.3 is 10.0 Å². The van der Waals surface area contributed by atoms with Crippen LogP contribution >= 0.6 is 23.2 Å². The molecule has 1 saturated heterocycles. The molecule has 0 radical (unpaired) electrons. The molecule has 1 aliphatic rings. The molecule has 1 aromatic heterocycles. The van der Waals surface area contributed by atoms with Gasteiger partial charge in [0.05, 0.1) is 11.7 Å². The van der Waals surface area contributed by atoms with E-state index >= 15 is 0 Å². The van der Waals surface area contributed by atoms with Crippen molar-refractivity contribution in [3.8, 4) is 0 Å². The Morgan fingerprint density at radius 2 is 2.22 bits per heavy atom. The molecule has 0 saturated carbocycles. The molecule has 0 aliphatic carbocycles. The molecule has 5 nitrogen and oxygen atoms in total. The van der Waals surface area contributed by atoms with E-state index in [0.717, 1.165) is 6.42 Å². The summed E-state index contributed by atoms with van der Waals surface area (Å²) in [5, 5.41) is 17.1. The fourth-order valence-electron chi connectivity index (χ4n) is 1.91. The quantitative estimate of drug-likeness (QED) is 0.853. The maximum Gasteiger partial charge on any atom is 0.257 e. The largest absolute Gasteiger partial charge is 0.391 e. The predicted molar refractivity (Wildman–Crippen MR) is 67.7 cm³/mol. The van der Waals surface area contributed by atoms with Crippen LogP contribution in [0.4, 0.5) is 0 Å². The molecule has 0 aromatic carbocycles. The Labute approximate surface area is 115 Å². The fraction of sp³-hybridized carbons (Fsp3) is 0.545. The van der Waals surface area contributed by atoms with Crippen LogP contribution in [0.1, 0.15) is 23.7 Å². The van der Waals surface area contributed by atoms with E-state index in [1.807, 2.05) is 6.92 Å². The third-order valence-corrected chi connectivity index (χ3v) is 3.62. The van der Waals surface area contributed by atoms with E-state index in [2.05, 4.69) is 10.2 Å². The summed E-state index contributed by atoms with van der Waals surface area (Å²) in [5.74, 6) is -0.0774. The number of carbonyl (C=O) groups excluding carboxylic acids is 1. The van der Waals surface area contributed by atoms with Crippen LogP contribution in [-0.2, 0) is 0 Å². The van der Waals surface area contributed by atoms with E-state index in [-0.39, 0.29) is 27.7 Å². The van der Waals surface area contributed by atoms with Gasteiger partial charge in [-0.15, -0.1) is 10.2 Å². The number of amides is 1. The van der Waals surface area contributed by atoms with Gasteiger partial charge in [-0.05, 0) is 18.4 Å². The van der Waals surface area contributed by atoms with Gasteiger partial charge in [-0.3, -0.25) is 4.79 Å². The van der Waals surface area contributed by atoms with E-state index in [1.165, 1.54) is 6.07 Å². The van der Waals surface area contributed by atoms with Gasteiger partial charge in [0.1, 0.15) is 0 Å². The Kier molecular flexibility index (Phi) is 4.04. The number of piperidine rings is 1. The lowest BCUT2D eigenvalue weighted by atomic mass is 9.96. The lowest BCUT2D eigenvalue weighted by Gasteiger charge is -2.34. The number of aromatic nitrogens is 2. The first-order valence-corrected chi connectivity index (χ1v) is 6.40. The van der Waals surface area contributed by atoms with Gasteiger partial charge in [0, 0.05) is 13.1 Å². The summed E-state index contributed by atoms with van der Waals surface area (Å²) in [6, 6.07) is 1.39. The Hall–Kier alpha value is -0.910. The SMILES string of the molecule is CC1CCN(C(=O)c2cc(Cl)nnc2Cl)CC1O. The number of rotatable bonds is 1. The highest BCUT2D eigenvalue weighted by atomic mass is 35.5. The van der Waals surface area contributed by atoms with Crippen LogP contribution in [0.3, 0.4) is 0 Å². The Balaban J connectivity index is 2.19. The summed E-state index contributed by atoms with van der Waals surface area (Å²) in [7, 11) is 0. The lowest BCUT2D eigenvalue weighted by Crippen LogP contribution is -2.45. The van der Waals surface area contributed by atoms with Crippen LogP contribution in [-0.4, -0.2) is 45.3 Å². The van der Waals surface area contributed by atoms with Crippen LogP contribution in [0, 0.1) is 5.92 Å². The third kappa shape index (κ3) is 2.74. The molecule has 1 fully saturated rings. The number of hydrogen-bond acceptors (Lipinski definition) is 4. The zero-order valence-corrected chi connectivity index (χ0v) is 11.3. The zero-order valence-electron chi connectivity index (χ0n) is 9.81. The highest BCUT2D eigenvalue weighted by molar-refractivity contribution is 6.34. The number of hydrogen-bond donors (Lipinski definition) is 1. The number of nitrogens with zero attached hydrogens (tertiary/aromatic N) is 3. The van der Waals surface area contributed by atoms with Crippen molar-refractivity contribution in [1.82, 2.24) is 15.1 Å². The molecule has 0 spiro atoms. The highest BCUT2D eigenvalue weighted by Gasteiger charge is 2.29. The molecule has 2 atom stereocenters. The first kappa shape index (κ1) is 13.5. The number of aliphatic hydroxyl groups excluding tert-OH is 1. The number of β-amino-alcohol motifs (C(OH)–C–C–N with tert-alkyl or cyclic N) is 1. The zero-order chi connectivity index (χ0) is 13.3. The molecular formula is C11H13Cl2N3O2. The summed E-state index contributed by atoms with van der Waals surface area (Å²) in [6.45, 7) is 2.86. The highest BCUT2D eigenvalue weighted by Crippen LogP contribution is 2.22. The van der Waals surface area contributed by atoms with Crippen molar-refractivity contribution >= 4 is 29.1 Å². The van der Waals surface area contributed by atoms with E-state index < -0.39 is 6.10 Å². The number of carbonyl (C=O) groups is 1. The van der Waals surface area contributed by atoms with Crippen molar-refractivity contribution in [1.29, 1.82) is 0 Å². The van der Waals surface area contributed by atoms with Crippen LogP contribution in [0.5, 0.6) is 0 Å². The topological polar surface area (TPSA) is 66.3 Å². The van der Waals surface area contributed by atoms with E-state index in [1.54, 1.807) is 4.90 Å². The Bertz CT molecular complexity index is 470. The predicted octanol–water partition coefficient (Wildman–Crippen LogP) is 1.63. The normalized spacial score (nSPS) is 24.1. The molecule has 98 valence electrons. The molecule has 0 bridgehead atoms. The first-order valence-electron chi connectivity index (χ1n) is 5.65. The van der Waals surface area contributed by atoms with Gasteiger partial charge >= 0.3 is 0 Å². The van der Waals surface area contributed by atoms with E-state index in [4.69, 9.17) is 23.2 Å². The molecular weight excluding hydrogens is 277 g/mol. The third-order valence-electron chi connectivity index (χ3n) is 3.16. The van der Waals surface area contributed by atoms with Crippen molar-refractivity contribution < 1.29 is 9.90 Å². The van der Waals surface area contributed by atoms with Crippen molar-refractivity contribution in [2.45, 2.75) is 19.4 Å². The molecule has 1 aromatic rings. The Morgan fingerprint density at radius 1 is 1.50 bits per heavy atom. The van der Waals surface area contributed by atoms with E-state index in [9.17, 15) is 9.90 Å². The molecule has 18 heavy (non-hydrogen) atoms. The van der Waals surface area contributed by atoms with Crippen LogP contribution in [0.15, 0.2) is 6.07 Å². The van der Waals surface area contributed by atoms with Crippen molar-refractivity contribution in [2.75, 3.05) is 13.1 Å². The van der Waals surface area contributed by atoms with Crippen LogP contribution in [0.2, 0.25) is 10.3 Å². The average Bonchev–Trinajstić information content (AvgIpc) is 2.35. The summed E-state index contributed by atoms with van der Waals surface area (Å²) >= 11 is 11.5. The number of likely N-dealkylation sites (tertiary alicyclic amines) is 1. The lowest BCUT2D eigenvalue weighted by molar-refractivity contribution is 0.0248. The molecule has 2 rings (SSSR count). The monoisotopic (exact) mass is 289 g/mol. The number of halogens is 2. The summed E-state index contributed by atoms with van der Waals surface area (Å²) in [6.07, 6.45) is 0.253. The molecule has 1 amide bonds. The van der Waals surface area contributed by atoms with Gasteiger partial charge in [-0.2, -0.15) is 0 Å². The molecule has 1 N–H and O–H groups in total. The van der Waals surface area contributed by atoms with Crippen molar-refractivity contribution in [2.24, 2.45) is 5.92 Å². The second-order valence-corrected chi connectivity index (χ2v) is 5.20. The van der Waals surface area contributed by atoms with Gasteiger partial charge in [-0.25, -0.2) is 0 Å². The fourth-order valence-corrected chi connectivity index (χ4v) is 2.23. The van der Waals surface area contributed by atoms with Crippen molar-refractivity contribution in [3.05, 3.63) is 21.9 Å². The standard InChI is InChI=1S/C11H13Cl2N3O2/c1-6-2-3-16(5-8(6)17)11(18)7-4-9(12)14-15-10(7)13/h4,6,8,17H,2-3,5H2,1H3. The second kappa shape index (κ2) is 5.38. The van der Waals surface area contributed by atoms with Gasteiger partial charge in [0.2, 0.25) is 0 Å². The summed E-state index contributed by atoms with van der Waals surface area (Å²) in [4.78, 5) is 13.8. The second-order valence-electron chi connectivity index (χ2n) is 4.46. The van der Waals surface area contributed by atoms with Gasteiger partial charge in [0.25, 0.3) is 5.91 Å². The maximum absolute atomic E-state index is 12.2. The molecule has 1 aliphatic heterocycles. The van der Waals surface area contributed by atoms with Crippen LogP contribution in [0.25, 0.3) is 0 Å². The smallest absolute Gasteiger partial charge is 0.257 e. The summed E-state index contributed by atoms with van der Waals surface area (Å²) < 4.78 is 0. The average molecular weight is 290 g/mol. The molecule has 2 heterocycles. The Morgan fingerprint density at radius 3 is 2.89 bits per heavy atom. The van der Waals surface area contributed by atoms with Gasteiger partial charge in [0.15, 0.2) is 10.3 Å². The van der Waals surface area contributed by atoms with Gasteiger partial charge in [-0.1, -0.05) is 30.1 Å². The van der Waals surface area contributed by atoms with E-state index in [0.29, 0.717) is 13.1 Å². The summed E-state index contributed by atoms with van der Waals surface area (Å²) in [5.41, 5.74) is 0.221. The number of aliphatic hydroxyl groups is 1. The van der Waals surface area contributed by atoms with Crippen LogP contribution < -0.4 is 0 Å². The minimum atomic E-state index is -0.508.